The number of nitriles is 1. The number of ether oxygens (including phenoxy) is 2. The summed E-state index contributed by atoms with van der Waals surface area (Å²) >= 11 is 0. The van der Waals surface area contributed by atoms with Gasteiger partial charge in [0.05, 0.1) is 24.7 Å². The second kappa shape index (κ2) is 7.02. The van der Waals surface area contributed by atoms with Gasteiger partial charge in [-0.2, -0.15) is 5.26 Å². The molecule has 0 saturated carbocycles. The number of nitrogens with one attached hydrogen (secondary N) is 1. The quantitative estimate of drug-likeness (QED) is 0.854. The summed E-state index contributed by atoms with van der Waals surface area (Å²) in [6.07, 6.45) is 0.312. The lowest BCUT2D eigenvalue weighted by molar-refractivity contribution is -0.160. The fourth-order valence-electron chi connectivity index (χ4n) is 2.80. The molecular weight excluding hydrogens is 308 g/mol. The van der Waals surface area contributed by atoms with Crippen LogP contribution in [-0.2, 0) is 19.1 Å². The normalized spacial score (nSPS) is 23.4. The number of methoxy groups -OCH3 is 1. The van der Waals surface area contributed by atoms with Gasteiger partial charge >= 0.3 is 11.9 Å². The van der Waals surface area contributed by atoms with Crippen LogP contribution in [0.1, 0.15) is 44.4 Å². The van der Waals surface area contributed by atoms with Gasteiger partial charge in [-0.3, -0.25) is 14.9 Å². The summed E-state index contributed by atoms with van der Waals surface area (Å²) in [6, 6.07) is 8.08. The Kier molecular flexibility index (Phi) is 5.25. The van der Waals surface area contributed by atoms with Crippen molar-refractivity contribution in [2.45, 2.75) is 44.9 Å². The predicted octanol–water partition coefficient (Wildman–Crippen LogP) is 2.09. The predicted molar refractivity (Wildman–Crippen MR) is 86.8 cm³/mol. The molecule has 3 atom stereocenters. The summed E-state index contributed by atoms with van der Waals surface area (Å²) in [5.74, 6) is -1.25. The van der Waals surface area contributed by atoms with Gasteiger partial charge in [-0.15, -0.1) is 0 Å². The average molecular weight is 330 g/mol. The summed E-state index contributed by atoms with van der Waals surface area (Å²) in [5, 5.41) is 12.1. The topological polar surface area (TPSA) is 88.4 Å². The molecule has 0 spiro atoms. The molecule has 1 aliphatic heterocycles. The lowest BCUT2D eigenvalue weighted by atomic mass is 9.92. The van der Waals surface area contributed by atoms with Gasteiger partial charge in [0, 0.05) is 6.04 Å². The number of carbonyl (C=O) groups excluding carboxylic acids is 2. The first-order valence-electron chi connectivity index (χ1n) is 7.82. The van der Waals surface area contributed by atoms with Crippen LogP contribution in [0.15, 0.2) is 24.3 Å². The van der Waals surface area contributed by atoms with Crippen molar-refractivity contribution in [3.05, 3.63) is 35.4 Å². The largest absolute Gasteiger partial charge is 0.468 e. The van der Waals surface area contributed by atoms with Crippen LogP contribution >= 0.6 is 0 Å². The zero-order valence-corrected chi connectivity index (χ0v) is 14.3. The van der Waals surface area contributed by atoms with Crippen LogP contribution in [0.4, 0.5) is 0 Å². The van der Waals surface area contributed by atoms with E-state index in [9.17, 15) is 9.59 Å². The second-order valence-corrected chi connectivity index (χ2v) is 6.83. The molecule has 24 heavy (non-hydrogen) atoms. The molecule has 0 aliphatic carbocycles. The van der Waals surface area contributed by atoms with Gasteiger partial charge in [0.15, 0.2) is 0 Å². The molecule has 0 amide bonds. The van der Waals surface area contributed by atoms with Crippen molar-refractivity contribution in [1.29, 1.82) is 5.26 Å². The number of esters is 2. The fourth-order valence-corrected chi connectivity index (χ4v) is 2.80. The van der Waals surface area contributed by atoms with Gasteiger partial charge in [-0.1, -0.05) is 12.1 Å². The van der Waals surface area contributed by atoms with Gasteiger partial charge in [0.2, 0.25) is 0 Å². The highest BCUT2D eigenvalue weighted by molar-refractivity contribution is 5.80. The molecule has 0 bridgehead atoms. The molecule has 1 aromatic rings. The smallest absolute Gasteiger partial charge is 0.322 e. The van der Waals surface area contributed by atoms with E-state index < -0.39 is 23.5 Å². The summed E-state index contributed by atoms with van der Waals surface area (Å²) in [5.41, 5.74) is 0.765. The highest BCUT2D eigenvalue weighted by Crippen LogP contribution is 2.35. The monoisotopic (exact) mass is 330 g/mol. The number of nitrogens with zero attached hydrogens (tertiary/aromatic N) is 1. The molecule has 1 saturated heterocycles. The van der Waals surface area contributed by atoms with E-state index in [1.165, 1.54) is 7.11 Å². The van der Waals surface area contributed by atoms with Crippen molar-refractivity contribution in [2.75, 3.05) is 7.11 Å². The molecular formula is C18H22N2O4. The molecule has 0 aromatic heterocycles. The van der Waals surface area contributed by atoms with E-state index in [-0.39, 0.29) is 12.0 Å². The van der Waals surface area contributed by atoms with Crippen molar-refractivity contribution in [1.82, 2.24) is 5.32 Å². The van der Waals surface area contributed by atoms with Gasteiger partial charge in [0.25, 0.3) is 0 Å². The van der Waals surface area contributed by atoms with Crippen LogP contribution in [-0.4, -0.2) is 30.7 Å². The summed E-state index contributed by atoms with van der Waals surface area (Å²) in [4.78, 5) is 24.4. The highest BCUT2D eigenvalue weighted by Gasteiger charge is 2.44. The van der Waals surface area contributed by atoms with Crippen molar-refractivity contribution in [3.8, 4) is 6.07 Å². The highest BCUT2D eigenvalue weighted by atomic mass is 16.6. The molecule has 1 aliphatic rings. The van der Waals surface area contributed by atoms with E-state index in [1.54, 1.807) is 24.3 Å². The third-order valence-corrected chi connectivity index (χ3v) is 3.87. The van der Waals surface area contributed by atoms with E-state index in [1.807, 2.05) is 20.8 Å². The van der Waals surface area contributed by atoms with E-state index >= 15 is 0 Å². The van der Waals surface area contributed by atoms with Gasteiger partial charge in [-0.25, -0.2) is 0 Å². The number of carbonyl (C=O) groups is 2. The standard InChI is InChI=1S/C18H22N2O4/c1-18(2,3)24-16(21)13-9-14(17(22)23-4)20-15(13)12-7-5-11(10-19)6-8-12/h5-8,13-15,20H,9H2,1-4H3/t13?,14-,15-/m1/s1. The van der Waals surface area contributed by atoms with Crippen LogP contribution in [0.3, 0.4) is 0 Å². The second-order valence-electron chi connectivity index (χ2n) is 6.83. The van der Waals surface area contributed by atoms with Gasteiger partial charge in [0.1, 0.15) is 11.6 Å². The number of rotatable bonds is 3. The lowest BCUT2D eigenvalue weighted by Gasteiger charge is -2.25. The minimum absolute atomic E-state index is 0.312. The molecule has 128 valence electrons. The Labute approximate surface area is 141 Å². The lowest BCUT2D eigenvalue weighted by Crippen LogP contribution is -2.33. The van der Waals surface area contributed by atoms with Crippen LogP contribution in [0.2, 0.25) is 0 Å². The molecule has 6 heteroatoms. The van der Waals surface area contributed by atoms with E-state index in [0.717, 1.165) is 5.56 Å². The summed E-state index contributed by atoms with van der Waals surface area (Å²) < 4.78 is 10.3. The first-order valence-corrected chi connectivity index (χ1v) is 7.82. The zero-order chi connectivity index (χ0) is 17.9. The SMILES string of the molecule is COC(=O)[C@H]1CC(C(=O)OC(C)(C)C)[C@@H](c2ccc(C#N)cc2)N1. The minimum atomic E-state index is -0.602. The molecule has 1 heterocycles. The first kappa shape index (κ1) is 18.0. The van der Waals surface area contributed by atoms with Crippen LogP contribution in [0, 0.1) is 17.2 Å². The van der Waals surface area contributed by atoms with Crippen LogP contribution in [0.5, 0.6) is 0 Å². The van der Waals surface area contributed by atoms with Gasteiger partial charge in [-0.05, 0) is 44.9 Å². The molecule has 6 nitrogen and oxygen atoms in total. The van der Waals surface area contributed by atoms with Crippen molar-refractivity contribution in [3.63, 3.8) is 0 Å². The molecule has 1 fully saturated rings. The Morgan fingerprint density at radius 3 is 2.33 bits per heavy atom. The summed E-state index contributed by atoms with van der Waals surface area (Å²) in [7, 11) is 1.32. The number of hydrogen-bond donors (Lipinski definition) is 1. The first-order chi connectivity index (χ1) is 11.2. The maximum Gasteiger partial charge on any atom is 0.322 e. The van der Waals surface area contributed by atoms with Gasteiger partial charge < -0.3 is 9.47 Å². The third-order valence-electron chi connectivity index (χ3n) is 3.87. The van der Waals surface area contributed by atoms with Crippen molar-refractivity contribution >= 4 is 11.9 Å². The van der Waals surface area contributed by atoms with E-state index in [0.29, 0.717) is 12.0 Å². The fraction of sp³-hybridized carbons (Fsp3) is 0.500. The zero-order valence-electron chi connectivity index (χ0n) is 14.3. The Balaban J connectivity index is 2.27. The van der Waals surface area contributed by atoms with Crippen LogP contribution in [0.25, 0.3) is 0 Å². The van der Waals surface area contributed by atoms with E-state index in [4.69, 9.17) is 14.7 Å². The van der Waals surface area contributed by atoms with Crippen LogP contribution < -0.4 is 5.32 Å². The van der Waals surface area contributed by atoms with Crippen molar-refractivity contribution < 1.29 is 19.1 Å². The summed E-state index contributed by atoms with van der Waals surface area (Å²) in [6.45, 7) is 5.42. The minimum Gasteiger partial charge on any atom is -0.468 e. The maximum atomic E-state index is 12.6. The number of benzene rings is 1. The Morgan fingerprint density at radius 1 is 1.21 bits per heavy atom. The molecule has 1 unspecified atom stereocenters. The van der Waals surface area contributed by atoms with E-state index in [2.05, 4.69) is 11.4 Å². The Bertz CT molecular complexity index is 655. The molecule has 0 radical (unpaired) electrons. The Hall–Kier alpha value is -2.39. The third kappa shape index (κ3) is 4.12. The molecule has 1 N–H and O–H groups in total. The molecule has 2 rings (SSSR count). The number of hydrogen-bond acceptors (Lipinski definition) is 6. The Morgan fingerprint density at radius 2 is 1.83 bits per heavy atom. The average Bonchev–Trinajstić information content (AvgIpc) is 2.98. The van der Waals surface area contributed by atoms with Crippen molar-refractivity contribution in [2.24, 2.45) is 5.92 Å². The molecule has 1 aromatic carbocycles. The maximum absolute atomic E-state index is 12.6.